The van der Waals surface area contributed by atoms with Gasteiger partial charge in [0.05, 0.1) is 6.54 Å². The Labute approximate surface area is 164 Å². The predicted octanol–water partition coefficient (Wildman–Crippen LogP) is 4.23. The lowest BCUT2D eigenvalue weighted by atomic mass is 9.94. The van der Waals surface area contributed by atoms with Crippen LogP contribution < -0.4 is 5.32 Å². The van der Waals surface area contributed by atoms with Gasteiger partial charge in [-0.15, -0.1) is 0 Å². The maximum Gasteiger partial charge on any atom is 0.236 e. The molecule has 0 radical (unpaired) electrons. The molecule has 1 aliphatic rings. The van der Waals surface area contributed by atoms with Crippen molar-refractivity contribution in [1.29, 1.82) is 0 Å². The molecule has 4 rings (SSSR count). The highest BCUT2D eigenvalue weighted by atomic mass is 35.5. The fraction of sp³-hybridized carbons (Fsp3) is 0.318. The van der Waals surface area contributed by atoms with E-state index in [9.17, 15) is 4.79 Å². The van der Waals surface area contributed by atoms with Gasteiger partial charge in [-0.3, -0.25) is 10.1 Å². The van der Waals surface area contributed by atoms with E-state index in [-0.39, 0.29) is 11.4 Å². The Kier molecular flexibility index (Phi) is 4.70. The third-order valence-corrected chi connectivity index (χ3v) is 5.73. The van der Waals surface area contributed by atoms with Crippen molar-refractivity contribution < 1.29 is 4.79 Å². The zero-order valence-electron chi connectivity index (χ0n) is 15.7. The summed E-state index contributed by atoms with van der Waals surface area (Å²) in [6.45, 7) is 5.89. The van der Waals surface area contributed by atoms with Gasteiger partial charge in [-0.25, -0.2) is 0 Å². The van der Waals surface area contributed by atoms with Crippen molar-refractivity contribution >= 4 is 28.4 Å². The zero-order valence-corrected chi connectivity index (χ0v) is 16.4. The van der Waals surface area contributed by atoms with Crippen molar-refractivity contribution in [3.05, 3.63) is 70.4 Å². The molecule has 0 unspecified atom stereocenters. The number of amides is 1. The van der Waals surface area contributed by atoms with Crippen molar-refractivity contribution in [2.75, 3.05) is 13.1 Å². The Morgan fingerprint density at radius 2 is 1.93 bits per heavy atom. The number of benzene rings is 2. The van der Waals surface area contributed by atoms with E-state index in [0.717, 1.165) is 24.0 Å². The van der Waals surface area contributed by atoms with Crippen LogP contribution in [0.4, 0.5) is 0 Å². The predicted molar refractivity (Wildman–Crippen MR) is 110 cm³/mol. The molecule has 4 nitrogen and oxygen atoms in total. The number of fused-ring (bicyclic) bond motifs is 3. The van der Waals surface area contributed by atoms with Crippen LogP contribution in [0.3, 0.4) is 0 Å². The molecular formula is C22H24ClN3O. The number of aromatic amines is 1. The standard InChI is InChI=1S/C22H24ClN3O/c1-22(2,15-7-9-16(23)10-8-15)24-13-21(27)26-12-11-20-18(14-26)17-5-3-4-6-19(17)25-20/h3-10,24-25H,11-14H2,1-2H3. The van der Waals surface area contributed by atoms with Crippen LogP contribution in [0.5, 0.6) is 0 Å². The smallest absolute Gasteiger partial charge is 0.236 e. The molecule has 1 aliphatic heterocycles. The molecule has 27 heavy (non-hydrogen) atoms. The van der Waals surface area contributed by atoms with Crippen LogP contribution in [0.2, 0.25) is 5.02 Å². The van der Waals surface area contributed by atoms with Crippen LogP contribution in [0.15, 0.2) is 48.5 Å². The summed E-state index contributed by atoms with van der Waals surface area (Å²) in [4.78, 5) is 18.3. The van der Waals surface area contributed by atoms with Crippen LogP contribution in [0.25, 0.3) is 10.9 Å². The molecule has 0 bridgehead atoms. The first-order valence-electron chi connectivity index (χ1n) is 9.31. The second kappa shape index (κ2) is 7.02. The summed E-state index contributed by atoms with van der Waals surface area (Å²) in [6, 6.07) is 16.1. The van der Waals surface area contributed by atoms with Crippen molar-refractivity contribution in [2.45, 2.75) is 32.4 Å². The summed E-state index contributed by atoms with van der Waals surface area (Å²) >= 11 is 5.98. The zero-order chi connectivity index (χ0) is 19.0. The third kappa shape index (κ3) is 3.60. The number of hydrogen-bond acceptors (Lipinski definition) is 2. The van der Waals surface area contributed by atoms with Gasteiger partial charge in [0, 0.05) is 52.2 Å². The fourth-order valence-electron chi connectivity index (χ4n) is 3.76. The average Bonchev–Trinajstić information content (AvgIpc) is 3.04. The van der Waals surface area contributed by atoms with Gasteiger partial charge in [0.25, 0.3) is 0 Å². The number of nitrogens with one attached hydrogen (secondary N) is 2. The molecule has 0 saturated carbocycles. The lowest BCUT2D eigenvalue weighted by Crippen LogP contribution is -2.46. The Morgan fingerprint density at radius 3 is 2.70 bits per heavy atom. The first-order chi connectivity index (χ1) is 12.9. The van der Waals surface area contributed by atoms with Crippen LogP contribution in [-0.2, 0) is 23.3 Å². The first-order valence-corrected chi connectivity index (χ1v) is 9.69. The molecule has 1 aromatic heterocycles. The normalized spacial score (nSPS) is 14.4. The minimum Gasteiger partial charge on any atom is -0.358 e. The Hall–Kier alpha value is -2.30. The van der Waals surface area contributed by atoms with Gasteiger partial charge in [0.15, 0.2) is 0 Å². The molecular weight excluding hydrogens is 358 g/mol. The summed E-state index contributed by atoms with van der Waals surface area (Å²) in [5, 5.41) is 5.34. The third-order valence-electron chi connectivity index (χ3n) is 5.48. The van der Waals surface area contributed by atoms with Gasteiger partial charge >= 0.3 is 0 Å². The number of halogens is 1. The van der Waals surface area contributed by atoms with Gasteiger partial charge in [-0.1, -0.05) is 41.9 Å². The Morgan fingerprint density at radius 1 is 1.19 bits per heavy atom. The molecule has 0 fully saturated rings. The van der Waals surface area contributed by atoms with Crippen LogP contribution in [-0.4, -0.2) is 28.9 Å². The van der Waals surface area contributed by atoms with E-state index < -0.39 is 0 Å². The van der Waals surface area contributed by atoms with Crippen molar-refractivity contribution in [2.24, 2.45) is 0 Å². The Bertz CT molecular complexity index is 975. The highest BCUT2D eigenvalue weighted by Gasteiger charge is 2.26. The van der Waals surface area contributed by atoms with E-state index >= 15 is 0 Å². The Balaban J connectivity index is 1.44. The van der Waals surface area contributed by atoms with Gasteiger partial charge < -0.3 is 9.88 Å². The van der Waals surface area contributed by atoms with E-state index in [0.29, 0.717) is 18.1 Å². The van der Waals surface area contributed by atoms with Crippen LogP contribution in [0.1, 0.15) is 30.7 Å². The molecule has 2 heterocycles. The molecule has 0 aliphatic carbocycles. The summed E-state index contributed by atoms with van der Waals surface area (Å²) in [5.74, 6) is 0.132. The summed E-state index contributed by atoms with van der Waals surface area (Å²) < 4.78 is 0. The number of para-hydroxylation sites is 1. The second-order valence-corrected chi connectivity index (χ2v) is 8.11. The molecule has 0 spiro atoms. The van der Waals surface area contributed by atoms with E-state index in [1.165, 1.54) is 16.6 Å². The molecule has 1 amide bonds. The van der Waals surface area contributed by atoms with Crippen LogP contribution in [0, 0.1) is 0 Å². The lowest BCUT2D eigenvalue weighted by Gasteiger charge is -2.31. The van der Waals surface area contributed by atoms with E-state index in [1.54, 1.807) is 0 Å². The number of hydrogen-bond donors (Lipinski definition) is 2. The molecule has 0 saturated heterocycles. The second-order valence-electron chi connectivity index (χ2n) is 7.68. The SMILES string of the molecule is CC(C)(NCC(=O)N1CCc2[nH]c3ccccc3c2C1)c1ccc(Cl)cc1. The van der Waals surface area contributed by atoms with Gasteiger partial charge in [0.1, 0.15) is 0 Å². The largest absolute Gasteiger partial charge is 0.358 e. The maximum atomic E-state index is 12.8. The van der Waals surface area contributed by atoms with E-state index in [1.807, 2.05) is 41.3 Å². The number of carbonyl (C=O) groups is 1. The van der Waals surface area contributed by atoms with Gasteiger partial charge in [-0.2, -0.15) is 0 Å². The fourth-order valence-corrected chi connectivity index (χ4v) is 3.88. The highest BCUT2D eigenvalue weighted by molar-refractivity contribution is 6.30. The number of carbonyl (C=O) groups excluding carboxylic acids is 1. The molecule has 0 atom stereocenters. The van der Waals surface area contributed by atoms with Crippen LogP contribution >= 0.6 is 11.6 Å². The number of H-pyrrole nitrogens is 1. The molecule has 2 N–H and O–H groups in total. The number of aromatic nitrogens is 1. The first kappa shape index (κ1) is 18.1. The minimum absolute atomic E-state index is 0.132. The monoisotopic (exact) mass is 381 g/mol. The van der Waals surface area contributed by atoms with E-state index in [2.05, 4.69) is 36.3 Å². The molecule has 140 valence electrons. The molecule has 2 aromatic carbocycles. The minimum atomic E-state index is -0.304. The van der Waals surface area contributed by atoms with Crippen molar-refractivity contribution in [3.63, 3.8) is 0 Å². The number of rotatable bonds is 4. The molecule has 3 aromatic rings. The quantitative estimate of drug-likeness (QED) is 0.710. The van der Waals surface area contributed by atoms with Crippen molar-refractivity contribution in [1.82, 2.24) is 15.2 Å². The lowest BCUT2D eigenvalue weighted by molar-refractivity contribution is -0.131. The summed E-state index contributed by atoms with van der Waals surface area (Å²) in [7, 11) is 0. The molecule has 5 heteroatoms. The average molecular weight is 382 g/mol. The van der Waals surface area contributed by atoms with Gasteiger partial charge in [0.2, 0.25) is 5.91 Å². The van der Waals surface area contributed by atoms with Gasteiger partial charge in [-0.05, 0) is 37.6 Å². The van der Waals surface area contributed by atoms with Crippen molar-refractivity contribution in [3.8, 4) is 0 Å². The summed E-state index contributed by atoms with van der Waals surface area (Å²) in [6.07, 6.45) is 0.871. The number of nitrogens with zero attached hydrogens (tertiary/aromatic N) is 1. The summed E-state index contributed by atoms with van der Waals surface area (Å²) in [5.41, 5.74) is 4.47. The van der Waals surface area contributed by atoms with E-state index in [4.69, 9.17) is 11.6 Å². The maximum absolute atomic E-state index is 12.8. The highest BCUT2D eigenvalue weighted by Crippen LogP contribution is 2.28. The topological polar surface area (TPSA) is 48.1 Å².